The summed E-state index contributed by atoms with van der Waals surface area (Å²) in [6, 6.07) is 14.4. The van der Waals surface area contributed by atoms with Crippen LogP contribution in [-0.2, 0) is 19.4 Å². The molecular formula is C23H28N2O2. The van der Waals surface area contributed by atoms with E-state index < -0.39 is 0 Å². The molecule has 2 aromatic rings. The Balaban J connectivity index is 1.44. The molecule has 0 aliphatic carbocycles. The molecule has 4 nitrogen and oxygen atoms in total. The van der Waals surface area contributed by atoms with Crippen molar-refractivity contribution in [1.82, 2.24) is 10.2 Å². The lowest BCUT2D eigenvalue weighted by Gasteiger charge is -2.33. The van der Waals surface area contributed by atoms with Crippen molar-refractivity contribution in [2.75, 3.05) is 26.2 Å². The number of carbonyl (C=O) groups excluding carboxylic acids is 1. The summed E-state index contributed by atoms with van der Waals surface area (Å²) < 4.78 is 0. The Morgan fingerprint density at radius 3 is 2.56 bits per heavy atom. The number of benzene rings is 2. The fourth-order valence-electron chi connectivity index (χ4n) is 4.46. The number of hydrogen-bond acceptors (Lipinski definition) is 3. The van der Waals surface area contributed by atoms with Gasteiger partial charge in [-0.2, -0.15) is 0 Å². The summed E-state index contributed by atoms with van der Waals surface area (Å²) >= 11 is 0. The molecule has 4 rings (SSSR count). The quantitative estimate of drug-likeness (QED) is 0.881. The Bertz CT molecular complexity index is 810. The van der Waals surface area contributed by atoms with Gasteiger partial charge in [0.15, 0.2) is 0 Å². The highest BCUT2D eigenvalue weighted by molar-refractivity contribution is 5.94. The minimum Gasteiger partial charge on any atom is -0.392 e. The van der Waals surface area contributed by atoms with Crippen LogP contribution in [0.15, 0.2) is 42.5 Å². The normalized spacial score (nSPS) is 18.0. The van der Waals surface area contributed by atoms with Crippen LogP contribution >= 0.6 is 0 Å². The molecule has 2 aromatic carbocycles. The minimum atomic E-state index is 0.0826. The van der Waals surface area contributed by atoms with Crippen molar-refractivity contribution in [3.63, 3.8) is 0 Å². The summed E-state index contributed by atoms with van der Waals surface area (Å²) in [5.41, 5.74) is 5.77. The molecule has 0 unspecified atom stereocenters. The van der Waals surface area contributed by atoms with Gasteiger partial charge in [-0.15, -0.1) is 0 Å². The number of aliphatic hydroxyl groups excluding tert-OH is 1. The summed E-state index contributed by atoms with van der Waals surface area (Å²) in [6.07, 6.45) is 3.95. The van der Waals surface area contributed by atoms with Crippen LogP contribution in [0.1, 0.15) is 51.4 Å². The van der Waals surface area contributed by atoms with Crippen molar-refractivity contribution in [3.8, 4) is 0 Å². The zero-order valence-corrected chi connectivity index (χ0v) is 15.8. The molecule has 0 spiro atoms. The number of likely N-dealkylation sites (tertiary alicyclic amines) is 1. The molecule has 2 aliphatic rings. The van der Waals surface area contributed by atoms with Crippen LogP contribution in [0.25, 0.3) is 0 Å². The summed E-state index contributed by atoms with van der Waals surface area (Å²) in [5, 5.41) is 13.0. The average molecular weight is 364 g/mol. The molecule has 2 aliphatic heterocycles. The lowest BCUT2D eigenvalue weighted by Crippen LogP contribution is -2.38. The zero-order valence-electron chi connectivity index (χ0n) is 15.8. The van der Waals surface area contributed by atoms with Crippen LogP contribution in [-0.4, -0.2) is 42.1 Å². The molecule has 2 N–H and O–H groups in total. The Hall–Kier alpha value is -2.17. The third-order valence-corrected chi connectivity index (χ3v) is 6.04. The van der Waals surface area contributed by atoms with Crippen LogP contribution < -0.4 is 5.32 Å². The second-order valence-corrected chi connectivity index (χ2v) is 7.66. The Kier molecular flexibility index (Phi) is 5.55. The fraction of sp³-hybridized carbons (Fsp3) is 0.435. The molecule has 0 radical (unpaired) electrons. The third kappa shape index (κ3) is 3.92. The smallest absolute Gasteiger partial charge is 0.253 e. The number of piperidine rings is 1. The van der Waals surface area contributed by atoms with Gasteiger partial charge < -0.3 is 15.3 Å². The van der Waals surface area contributed by atoms with E-state index >= 15 is 0 Å². The van der Waals surface area contributed by atoms with Gasteiger partial charge >= 0.3 is 0 Å². The van der Waals surface area contributed by atoms with Crippen molar-refractivity contribution < 1.29 is 9.90 Å². The van der Waals surface area contributed by atoms with E-state index in [4.69, 9.17) is 0 Å². The molecule has 0 aromatic heterocycles. The number of rotatable bonds is 3. The first-order valence-corrected chi connectivity index (χ1v) is 10.1. The summed E-state index contributed by atoms with van der Waals surface area (Å²) in [6.45, 7) is 3.65. The van der Waals surface area contributed by atoms with Crippen LogP contribution in [0, 0.1) is 0 Å². The van der Waals surface area contributed by atoms with E-state index in [0.29, 0.717) is 5.92 Å². The number of nitrogens with one attached hydrogen (secondary N) is 1. The molecule has 4 heteroatoms. The number of amides is 1. The minimum absolute atomic E-state index is 0.0826. The number of nitrogens with zero attached hydrogens (tertiary/aromatic N) is 1. The summed E-state index contributed by atoms with van der Waals surface area (Å²) in [7, 11) is 0. The maximum absolute atomic E-state index is 13.0. The molecule has 0 bridgehead atoms. The highest BCUT2D eigenvalue weighted by Crippen LogP contribution is 2.31. The van der Waals surface area contributed by atoms with Gasteiger partial charge in [0.05, 0.1) is 6.61 Å². The largest absolute Gasteiger partial charge is 0.392 e. The second-order valence-electron chi connectivity index (χ2n) is 7.66. The van der Waals surface area contributed by atoms with Gasteiger partial charge in [0.1, 0.15) is 0 Å². The molecular weight excluding hydrogens is 336 g/mol. The SMILES string of the molecule is O=C(c1ccc2c(c1)CCNCC2)N1CCC(c2ccccc2CO)CC1. The number of carbonyl (C=O) groups is 1. The summed E-state index contributed by atoms with van der Waals surface area (Å²) in [4.78, 5) is 15.0. The number of fused-ring (bicyclic) bond motifs is 1. The lowest BCUT2D eigenvalue weighted by molar-refractivity contribution is 0.0712. The van der Waals surface area contributed by atoms with Crippen LogP contribution in [0.2, 0.25) is 0 Å². The van der Waals surface area contributed by atoms with Crippen molar-refractivity contribution in [1.29, 1.82) is 0 Å². The Morgan fingerprint density at radius 2 is 1.78 bits per heavy atom. The van der Waals surface area contributed by atoms with Crippen LogP contribution in [0.4, 0.5) is 0 Å². The fourth-order valence-corrected chi connectivity index (χ4v) is 4.46. The molecule has 2 heterocycles. The average Bonchev–Trinajstić information content (AvgIpc) is 2.98. The summed E-state index contributed by atoms with van der Waals surface area (Å²) in [5.74, 6) is 0.583. The topological polar surface area (TPSA) is 52.6 Å². The van der Waals surface area contributed by atoms with Gasteiger partial charge in [-0.1, -0.05) is 30.3 Å². The molecule has 0 atom stereocenters. The first-order chi connectivity index (χ1) is 13.3. The highest BCUT2D eigenvalue weighted by Gasteiger charge is 2.26. The van der Waals surface area contributed by atoms with E-state index in [9.17, 15) is 9.90 Å². The Labute approximate surface area is 161 Å². The standard InChI is InChI=1S/C23H28N2O2/c26-16-21-3-1-2-4-22(21)18-9-13-25(14-10-18)23(27)20-6-5-17-7-11-24-12-8-19(17)15-20/h1-6,15,18,24,26H,7-14,16H2. The van der Waals surface area contributed by atoms with E-state index in [-0.39, 0.29) is 12.5 Å². The lowest BCUT2D eigenvalue weighted by atomic mass is 9.86. The second kappa shape index (κ2) is 8.24. The first kappa shape index (κ1) is 18.2. The van der Waals surface area contributed by atoms with E-state index in [0.717, 1.165) is 63.0 Å². The van der Waals surface area contributed by atoms with Gasteiger partial charge in [0.2, 0.25) is 0 Å². The Morgan fingerprint density at radius 1 is 1.04 bits per heavy atom. The number of aliphatic hydroxyl groups is 1. The van der Waals surface area contributed by atoms with Gasteiger partial charge in [0, 0.05) is 18.7 Å². The molecule has 1 saturated heterocycles. The monoisotopic (exact) mass is 364 g/mol. The predicted molar refractivity (Wildman–Crippen MR) is 107 cm³/mol. The van der Waals surface area contributed by atoms with Gasteiger partial charge in [-0.3, -0.25) is 4.79 Å². The van der Waals surface area contributed by atoms with Gasteiger partial charge in [0.25, 0.3) is 5.91 Å². The highest BCUT2D eigenvalue weighted by atomic mass is 16.3. The molecule has 142 valence electrons. The third-order valence-electron chi connectivity index (χ3n) is 6.04. The van der Waals surface area contributed by atoms with Crippen molar-refractivity contribution >= 4 is 5.91 Å². The zero-order chi connectivity index (χ0) is 18.6. The molecule has 1 amide bonds. The molecule has 27 heavy (non-hydrogen) atoms. The van der Waals surface area contributed by atoms with Crippen molar-refractivity contribution in [2.45, 2.75) is 38.2 Å². The first-order valence-electron chi connectivity index (χ1n) is 10.1. The van der Waals surface area contributed by atoms with E-state index in [1.807, 2.05) is 29.2 Å². The maximum Gasteiger partial charge on any atom is 0.253 e. The molecule has 0 saturated carbocycles. The number of hydrogen-bond donors (Lipinski definition) is 2. The van der Waals surface area contributed by atoms with E-state index in [1.54, 1.807) is 0 Å². The van der Waals surface area contributed by atoms with Crippen molar-refractivity contribution in [3.05, 3.63) is 70.3 Å². The van der Waals surface area contributed by atoms with Crippen molar-refractivity contribution in [2.24, 2.45) is 0 Å². The maximum atomic E-state index is 13.0. The molecule has 1 fully saturated rings. The van der Waals surface area contributed by atoms with E-state index in [1.165, 1.54) is 16.7 Å². The van der Waals surface area contributed by atoms with Crippen LogP contribution in [0.5, 0.6) is 0 Å². The van der Waals surface area contributed by atoms with Gasteiger partial charge in [-0.05, 0) is 79.1 Å². The van der Waals surface area contributed by atoms with E-state index in [2.05, 4.69) is 23.5 Å². The predicted octanol–water partition coefficient (Wildman–Crippen LogP) is 2.89. The van der Waals surface area contributed by atoms with Gasteiger partial charge in [-0.25, -0.2) is 0 Å². The van der Waals surface area contributed by atoms with Crippen LogP contribution in [0.3, 0.4) is 0 Å².